The molecule has 0 atom stereocenters. The number of benzene rings is 1. The minimum absolute atomic E-state index is 0.107. The van der Waals surface area contributed by atoms with E-state index in [9.17, 15) is 14.9 Å². The molecule has 0 N–H and O–H groups in total. The molecule has 37 heavy (non-hydrogen) atoms. The van der Waals surface area contributed by atoms with Crippen molar-refractivity contribution < 1.29 is 9.53 Å². The highest BCUT2D eigenvalue weighted by atomic mass is 32.2. The Bertz CT molecular complexity index is 1310. The molecule has 194 valence electrons. The number of piperazine rings is 1. The predicted molar refractivity (Wildman–Crippen MR) is 153 cm³/mol. The van der Waals surface area contributed by atoms with Crippen LogP contribution in [0.5, 0.6) is 0 Å². The normalized spacial score (nSPS) is 17.1. The van der Waals surface area contributed by atoms with Crippen LogP contribution in [0.2, 0.25) is 0 Å². The Labute approximate surface area is 227 Å². The number of thiocarbonyl (C=S) groups is 1. The highest BCUT2D eigenvalue weighted by Crippen LogP contribution is 2.36. The maximum Gasteiger partial charge on any atom is 0.270 e. The fourth-order valence-electron chi connectivity index (χ4n) is 4.78. The van der Waals surface area contributed by atoms with E-state index in [1.54, 1.807) is 23.5 Å². The number of pyridine rings is 1. The molecule has 2 aliphatic heterocycles. The topological polar surface area (TPSA) is 81.8 Å². The Morgan fingerprint density at radius 2 is 1.81 bits per heavy atom. The molecule has 0 saturated carbocycles. The van der Waals surface area contributed by atoms with Gasteiger partial charge < -0.3 is 14.5 Å². The molecule has 2 fully saturated rings. The molecule has 8 nitrogen and oxygen atoms in total. The van der Waals surface area contributed by atoms with Gasteiger partial charge in [0.25, 0.3) is 11.5 Å². The smallest absolute Gasteiger partial charge is 0.270 e. The van der Waals surface area contributed by atoms with E-state index >= 15 is 0 Å². The van der Waals surface area contributed by atoms with E-state index in [0.29, 0.717) is 54.0 Å². The number of carbonyl (C=O) groups excluding carboxylic acids is 1. The molecule has 0 radical (unpaired) electrons. The van der Waals surface area contributed by atoms with Crippen LogP contribution in [0.15, 0.2) is 40.0 Å². The summed E-state index contributed by atoms with van der Waals surface area (Å²) in [6.45, 7) is 8.14. The Kier molecular flexibility index (Phi) is 8.69. The number of carbonyl (C=O) groups is 1. The van der Waals surface area contributed by atoms with E-state index in [0.717, 1.165) is 24.5 Å². The number of para-hydroxylation sites is 1. The van der Waals surface area contributed by atoms with Gasteiger partial charge in [0.1, 0.15) is 21.8 Å². The van der Waals surface area contributed by atoms with Gasteiger partial charge in [0.15, 0.2) is 0 Å². The lowest BCUT2D eigenvalue weighted by Gasteiger charge is -2.39. The van der Waals surface area contributed by atoms with Crippen LogP contribution >= 0.6 is 24.0 Å². The largest absolute Gasteiger partial charge is 0.385 e. The quantitative estimate of drug-likeness (QED) is 0.287. The summed E-state index contributed by atoms with van der Waals surface area (Å²) >= 11 is 6.75. The van der Waals surface area contributed by atoms with E-state index in [-0.39, 0.29) is 17.0 Å². The van der Waals surface area contributed by atoms with Crippen molar-refractivity contribution in [3.63, 3.8) is 0 Å². The molecule has 0 aliphatic carbocycles. The number of amides is 1. The Morgan fingerprint density at radius 3 is 2.43 bits per heavy atom. The molecule has 4 rings (SSSR count). The van der Waals surface area contributed by atoms with Crippen LogP contribution in [-0.2, 0) is 16.1 Å². The van der Waals surface area contributed by atoms with E-state index in [2.05, 4.69) is 28.0 Å². The predicted octanol–water partition coefficient (Wildman–Crippen LogP) is 3.61. The molecule has 1 aromatic carbocycles. The van der Waals surface area contributed by atoms with Crippen LogP contribution in [0.1, 0.15) is 30.0 Å². The fraction of sp³-hybridized carbons (Fsp3) is 0.407. The molecule has 2 aromatic rings. The molecule has 1 aromatic heterocycles. The van der Waals surface area contributed by atoms with Gasteiger partial charge in [0.05, 0.1) is 4.91 Å². The zero-order valence-electron chi connectivity index (χ0n) is 21.4. The third kappa shape index (κ3) is 5.44. The second-order valence-electron chi connectivity index (χ2n) is 8.89. The molecule has 10 heteroatoms. The second kappa shape index (κ2) is 11.9. The van der Waals surface area contributed by atoms with E-state index in [1.807, 2.05) is 31.2 Å². The van der Waals surface area contributed by atoms with E-state index < -0.39 is 0 Å². The third-order valence-electron chi connectivity index (χ3n) is 6.74. The van der Waals surface area contributed by atoms with Crippen LogP contribution in [0.3, 0.4) is 0 Å². The van der Waals surface area contributed by atoms with Crippen molar-refractivity contribution in [2.75, 3.05) is 56.2 Å². The molecule has 3 heterocycles. The summed E-state index contributed by atoms with van der Waals surface area (Å²) in [4.78, 5) is 33.1. The van der Waals surface area contributed by atoms with Gasteiger partial charge in [0.2, 0.25) is 0 Å². The summed E-state index contributed by atoms with van der Waals surface area (Å²) in [5, 5.41) is 9.81. The molecular weight excluding hydrogens is 506 g/mol. The number of nitriles is 1. The van der Waals surface area contributed by atoms with Crippen molar-refractivity contribution in [3.8, 4) is 6.07 Å². The summed E-state index contributed by atoms with van der Waals surface area (Å²) < 4.78 is 7.29. The Hall–Kier alpha value is -3.13. The van der Waals surface area contributed by atoms with Crippen molar-refractivity contribution in [1.82, 2.24) is 9.47 Å². The number of rotatable bonds is 8. The number of ether oxygens (including phenoxy) is 1. The Morgan fingerprint density at radius 1 is 1.14 bits per heavy atom. The number of hydrogen-bond donors (Lipinski definition) is 0. The third-order valence-corrected chi connectivity index (χ3v) is 8.12. The number of methoxy groups -OCH3 is 1. The van der Waals surface area contributed by atoms with E-state index in [1.165, 1.54) is 17.4 Å². The number of thioether (sulfide) groups is 1. The highest BCUT2D eigenvalue weighted by molar-refractivity contribution is 8.26. The average molecular weight is 538 g/mol. The van der Waals surface area contributed by atoms with Gasteiger partial charge in [-0.1, -0.05) is 42.2 Å². The van der Waals surface area contributed by atoms with Crippen molar-refractivity contribution in [3.05, 3.63) is 62.3 Å². The van der Waals surface area contributed by atoms with Gasteiger partial charge in [0, 0.05) is 64.2 Å². The van der Waals surface area contributed by atoms with Gasteiger partial charge >= 0.3 is 0 Å². The fourth-order valence-corrected chi connectivity index (χ4v) is 6.07. The van der Waals surface area contributed by atoms with Crippen molar-refractivity contribution in [1.29, 1.82) is 5.26 Å². The summed E-state index contributed by atoms with van der Waals surface area (Å²) in [5.41, 5.74) is 2.29. The minimum Gasteiger partial charge on any atom is -0.385 e. The lowest BCUT2D eigenvalue weighted by Crippen LogP contribution is -2.48. The molecule has 1 amide bonds. The van der Waals surface area contributed by atoms with Crippen LogP contribution in [0.4, 0.5) is 11.5 Å². The van der Waals surface area contributed by atoms with Crippen molar-refractivity contribution >= 4 is 51.8 Å². The summed E-state index contributed by atoms with van der Waals surface area (Å²) in [7, 11) is 1.63. The number of aromatic nitrogens is 1. The molecule has 2 saturated heterocycles. The molecule has 0 spiro atoms. The highest BCUT2D eigenvalue weighted by Gasteiger charge is 2.33. The van der Waals surface area contributed by atoms with Gasteiger partial charge in [-0.15, -0.1) is 0 Å². The first-order valence-corrected chi connectivity index (χ1v) is 13.6. The lowest BCUT2D eigenvalue weighted by atomic mass is 10.0. The molecule has 0 bridgehead atoms. The minimum atomic E-state index is -0.299. The maximum absolute atomic E-state index is 13.3. The summed E-state index contributed by atoms with van der Waals surface area (Å²) in [6, 6.07) is 12.4. The first kappa shape index (κ1) is 26.9. The lowest BCUT2D eigenvalue weighted by molar-refractivity contribution is -0.122. The summed E-state index contributed by atoms with van der Waals surface area (Å²) in [5.74, 6) is 0.597. The molecule has 0 unspecified atom stereocenters. The van der Waals surface area contributed by atoms with Gasteiger partial charge in [-0.05, 0) is 44.0 Å². The monoisotopic (exact) mass is 537 g/mol. The summed E-state index contributed by atoms with van der Waals surface area (Å²) in [6.07, 6.45) is 2.50. The SMILES string of the molecule is CCn1c(N2CCN(c3ccccc3)CC2)c(/C=C2/SC(=S)N(CCCOC)C2=O)c(C)c(C#N)c1=O. The van der Waals surface area contributed by atoms with E-state index in [4.69, 9.17) is 17.0 Å². The molecule has 2 aliphatic rings. The van der Waals surface area contributed by atoms with Crippen LogP contribution < -0.4 is 15.4 Å². The number of hydrogen-bond acceptors (Lipinski definition) is 8. The Balaban J connectivity index is 1.73. The van der Waals surface area contributed by atoms with Crippen molar-refractivity contribution in [2.24, 2.45) is 0 Å². The number of nitrogens with zero attached hydrogens (tertiary/aromatic N) is 5. The van der Waals surface area contributed by atoms with Gasteiger partial charge in [-0.25, -0.2) is 0 Å². The van der Waals surface area contributed by atoms with Crippen LogP contribution in [0, 0.1) is 18.3 Å². The first-order chi connectivity index (χ1) is 17.9. The number of anilines is 2. The van der Waals surface area contributed by atoms with Gasteiger partial charge in [-0.3, -0.25) is 19.1 Å². The first-order valence-electron chi connectivity index (χ1n) is 12.4. The molecular formula is C27H31N5O3S2. The zero-order valence-corrected chi connectivity index (χ0v) is 23.0. The standard InChI is InChI=1S/C27H31N5O3S2/c1-4-31-24(30-14-12-29(13-15-30)20-9-6-5-7-10-20)21(19(2)22(18-28)25(31)33)17-23-26(34)32(27(36)37-23)11-8-16-35-3/h5-7,9-10,17H,4,8,11-16H2,1-3H3/b23-17+. The average Bonchev–Trinajstić information content (AvgIpc) is 3.18. The van der Waals surface area contributed by atoms with Gasteiger partial charge in [-0.2, -0.15) is 5.26 Å². The second-order valence-corrected chi connectivity index (χ2v) is 10.6. The zero-order chi connectivity index (χ0) is 26.5. The maximum atomic E-state index is 13.3. The van der Waals surface area contributed by atoms with Crippen molar-refractivity contribution in [2.45, 2.75) is 26.8 Å². The van der Waals surface area contributed by atoms with Crippen LogP contribution in [0.25, 0.3) is 6.08 Å². The van der Waals surface area contributed by atoms with Crippen LogP contribution in [-0.4, -0.2) is 66.1 Å².